The summed E-state index contributed by atoms with van der Waals surface area (Å²) in [5.41, 5.74) is 0. The summed E-state index contributed by atoms with van der Waals surface area (Å²) in [4.78, 5) is 0. The number of hydrogen-bond donors (Lipinski definition) is 4. The van der Waals surface area contributed by atoms with Crippen LogP contribution in [0, 0.1) is 0 Å². The number of hydrogen-bond acceptors (Lipinski definition) is 4. The number of fused-ring (bicyclic) bond motifs is 4. The second-order valence-electron chi connectivity index (χ2n) is 6.30. The van der Waals surface area contributed by atoms with Crippen LogP contribution in [0.25, 0.3) is 0 Å². The lowest BCUT2D eigenvalue weighted by molar-refractivity contribution is 0.260. The first-order valence-electron chi connectivity index (χ1n) is 7.83. The predicted octanol–water partition coefficient (Wildman–Crippen LogP) is 0.201. The Morgan fingerprint density at radius 1 is 0.500 bits per heavy atom. The van der Waals surface area contributed by atoms with Gasteiger partial charge in [0.25, 0.3) is 0 Å². The summed E-state index contributed by atoms with van der Waals surface area (Å²) < 4.78 is 0. The monoisotopic (exact) mass is 252 g/mol. The molecule has 4 nitrogen and oxygen atoms in total. The lowest BCUT2D eigenvalue weighted by Gasteiger charge is -2.36. The third-order valence-corrected chi connectivity index (χ3v) is 4.72. The van der Waals surface area contributed by atoms with E-state index in [0.29, 0.717) is 24.2 Å². The molecule has 0 aromatic carbocycles. The van der Waals surface area contributed by atoms with E-state index in [2.05, 4.69) is 21.3 Å². The van der Waals surface area contributed by atoms with Crippen LogP contribution >= 0.6 is 0 Å². The highest BCUT2D eigenvalue weighted by atomic mass is 15.1. The van der Waals surface area contributed by atoms with Gasteiger partial charge >= 0.3 is 0 Å². The molecule has 4 unspecified atom stereocenters. The van der Waals surface area contributed by atoms with Crippen LogP contribution < -0.4 is 21.3 Å². The van der Waals surface area contributed by atoms with Crippen molar-refractivity contribution in [3.63, 3.8) is 0 Å². The number of piperidine rings is 2. The van der Waals surface area contributed by atoms with Crippen molar-refractivity contribution in [3.8, 4) is 0 Å². The quantitative estimate of drug-likeness (QED) is 0.497. The second-order valence-corrected chi connectivity index (χ2v) is 6.30. The van der Waals surface area contributed by atoms with Gasteiger partial charge in [-0.05, 0) is 25.7 Å². The third-order valence-electron chi connectivity index (χ3n) is 4.72. The summed E-state index contributed by atoms with van der Waals surface area (Å²) in [6.45, 7) is 4.55. The molecule has 3 rings (SSSR count). The zero-order valence-corrected chi connectivity index (χ0v) is 11.4. The van der Waals surface area contributed by atoms with E-state index in [9.17, 15) is 0 Å². The summed E-state index contributed by atoms with van der Waals surface area (Å²) >= 11 is 0. The molecule has 4 bridgehead atoms. The van der Waals surface area contributed by atoms with E-state index in [1.807, 2.05) is 0 Å². The maximum absolute atomic E-state index is 3.79. The molecule has 4 N–H and O–H groups in total. The Balaban J connectivity index is 1.57. The maximum Gasteiger partial charge on any atom is 0.0195 e. The average molecular weight is 252 g/mol. The van der Waals surface area contributed by atoms with Crippen molar-refractivity contribution in [2.75, 3.05) is 26.2 Å². The molecule has 3 saturated heterocycles. The SMILES string of the molecule is C1CC2CNCC3CCCC(CNCC(C1)N2)N3. The molecule has 0 amide bonds. The molecule has 4 atom stereocenters. The predicted molar refractivity (Wildman–Crippen MR) is 74.9 cm³/mol. The van der Waals surface area contributed by atoms with Gasteiger partial charge in [0.15, 0.2) is 0 Å². The van der Waals surface area contributed by atoms with E-state index in [4.69, 9.17) is 0 Å². The van der Waals surface area contributed by atoms with E-state index < -0.39 is 0 Å². The standard InChI is InChI=1S/C14H28N4/c1-3-11-7-15-9-13-5-2-6-14(18-13)10-16-8-12(4-1)17-11/h11-18H,1-10H2. The largest absolute Gasteiger partial charge is 0.314 e. The minimum Gasteiger partial charge on any atom is -0.314 e. The molecule has 3 aliphatic rings. The van der Waals surface area contributed by atoms with Crippen molar-refractivity contribution in [2.24, 2.45) is 0 Å². The van der Waals surface area contributed by atoms with Gasteiger partial charge < -0.3 is 21.3 Å². The molecule has 18 heavy (non-hydrogen) atoms. The fourth-order valence-electron chi connectivity index (χ4n) is 3.73. The van der Waals surface area contributed by atoms with Gasteiger partial charge in [0.1, 0.15) is 0 Å². The molecule has 0 radical (unpaired) electrons. The molecule has 3 fully saturated rings. The van der Waals surface area contributed by atoms with Crippen molar-refractivity contribution in [1.82, 2.24) is 21.3 Å². The fourth-order valence-corrected chi connectivity index (χ4v) is 3.73. The van der Waals surface area contributed by atoms with Crippen LogP contribution in [0.15, 0.2) is 0 Å². The van der Waals surface area contributed by atoms with Crippen molar-refractivity contribution in [3.05, 3.63) is 0 Å². The molecule has 0 spiro atoms. The highest BCUT2D eigenvalue weighted by Crippen LogP contribution is 2.15. The van der Waals surface area contributed by atoms with Gasteiger partial charge in [-0.1, -0.05) is 12.8 Å². The van der Waals surface area contributed by atoms with E-state index in [1.54, 1.807) is 0 Å². The van der Waals surface area contributed by atoms with Gasteiger partial charge in [0, 0.05) is 50.3 Å². The zero-order valence-electron chi connectivity index (χ0n) is 11.4. The minimum absolute atomic E-state index is 0.685. The first-order chi connectivity index (χ1) is 8.90. The van der Waals surface area contributed by atoms with Crippen molar-refractivity contribution >= 4 is 0 Å². The number of rotatable bonds is 0. The van der Waals surface area contributed by atoms with Gasteiger partial charge in [-0.15, -0.1) is 0 Å². The van der Waals surface area contributed by atoms with Crippen LogP contribution in [0.1, 0.15) is 38.5 Å². The molecule has 0 aliphatic carbocycles. The van der Waals surface area contributed by atoms with Gasteiger partial charge in [-0.3, -0.25) is 0 Å². The van der Waals surface area contributed by atoms with Gasteiger partial charge in [0.05, 0.1) is 0 Å². The fraction of sp³-hybridized carbons (Fsp3) is 1.00. The summed E-state index contributed by atoms with van der Waals surface area (Å²) in [5, 5.41) is 14.9. The van der Waals surface area contributed by atoms with Gasteiger partial charge in [-0.2, -0.15) is 0 Å². The molecule has 4 heteroatoms. The normalized spacial score (nSPS) is 42.7. The van der Waals surface area contributed by atoms with E-state index in [0.717, 1.165) is 26.2 Å². The lowest BCUT2D eigenvalue weighted by atomic mass is 9.96. The maximum atomic E-state index is 3.79. The average Bonchev–Trinajstić information content (AvgIpc) is 2.39. The first kappa shape index (κ1) is 12.9. The van der Waals surface area contributed by atoms with Crippen LogP contribution in [0.3, 0.4) is 0 Å². The third kappa shape index (κ3) is 3.44. The molecular weight excluding hydrogens is 224 g/mol. The molecule has 0 saturated carbocycles. The van der Waals surface area contributed by atoms with Crippen LogP contribution in [0.2, 0.25) is 0 Å². The molecular formula is C14H28N4. The molecule has 0 aromatic rings. The Bertz CT molecular complexity index is 212. The summed E-state index contributed by atoms with van der Waals surface area (Å²) in [6.07, 6.45) is 8.12. The minimum atomic E-state index is 0.685. The number of nitrogens with one attached hydrogen (secondary N) is 4. The summed E-state index contributed by atoms with van der Waals surface area (Å²) in [7, 11) is 0. The zero-order chi connectivity index (χ0) is 12.2. The highest BCUT2D eigenvalue weighted by Gasteiger charge is 2.24. The van der Waals surface area contributed by atoms with Gasteiger partial charge in [-0.25, -0.2) is 0 Å². The molecule has 3 heterocycles. The Morgan fingerprint density at radius 2 is 0.833 bits per heavy atom. The topological polar surface area (TPSA) is 48.1 Å². The molecule has 3 aliphatic heterocycles. The van der Waals surface area contributed by atoms with Crippen molar-refractivity contribution < 1.29 is 0 Å². The Kier molecular flexibility index (Phi) is 4.52. The first-order valence-corrected chi connectivity index (χ1v) is 7.83. The summed E-state index contributed by atoms with van der Waals surface area (Å²) in [5.74, 6) is 0. The lowest BCUT2D eigenvalue weighted by Crippen LogP contribution is -2.57. The Labute approximate surface area is 111 Å². The Hall–Kier alpha value is -0.160. The van der Waals surface area contributed by atoms with Crippen LogP contribution in [0.5, 0.6) is 0 Å². The van der Waals surface area contributed by atoms with Crippen LogP contribution in [-0.2, 0) is 0 Å². The van der Waals surface area contributed by atoms with E-state index in [1.165, 1.54) is 38.5 Å². The van der Waals surface area contributed by atoms with Crippen molar-refractivity contribution in [1.29, 1.82) is 0 Å². The second kappa shape index (κ2) is 6.33. The van der Waals surface area contributed by atoms with E-state index >= 15 is 0 Å². The smallest absolute Gasteiger partial charge is 0.0195 e. The molecule has 0 aromatic heterocycles. The van der Waals surface area contributed by atoms with Gasteiger partial charge in [0.2, 0.25) is 0 Å². The highest BCUT2D eigenvalue weighted by molar-refractivity contribution is 4.88. The molecule has 104 valence electrons. The van der Waals surface area contributed by atoms with E-state index in [-0.39, 0.29) is 0 Å². The van der Waals surface area contributed by atoms with Crippen LogP contribution in [-0.4, -0.2) is 50.3 Å². The van der Waals surface area contributed by atoms with Crippen molar-refractivity contribution in [2.45, 2.75) is 62.7 Å². The summed E-state index contributed by atoms with van der Waals surface area (Å²) in [6, 6.07) is 2.74. The Morgan fingerprint density at radius 3 is 1.17 bits per heavy atom. The van der Waals surface area contributed by atoms with Crippen LogP contribution in [0.4, 0.5) is 0 Å².